The summed E-state index contributed by atoms with van der Waals surface area (Å²) in [6, 6.07) is 15.4. The van der Waals surface area contributed by atoms with Crippen molar-refractivity contribution in [3.8, 4) is 10.6 Å². The van der Waals surface area contributed by atoms with Crippen molar-refractivity contribution in [2.75, 3.05) is 0 Å². The summed E-state index contributed by atoms with van der Waals surface area (Å²) in [5.74, 6) is 0. The highest BCUT2D eigenvalue weighted by Crippen LogP contribution is 2.31. The number of para-hydroxylation sites is 1. The van der Waals surface area contributed by atoms with E-state index in [1.54, 1.807) is 17.4 Å². The van der Waals surface area contributed by atoms with Gasteiger partial charge in [0.15, 0.2) is 0 Å². The standard InChI is InChI=1S/C14H8NOS/c16-9-10-5-1-2-6-11(10)14-15-12-7-3-4-8-13(12)17-14/h1-8H. The molecule has 2 aromatic carbocycles. The second-order valence-electron chi connectivity index (χ2n) is 3.63. The molecule has 0 saturated heterocycles. The second kappa shape index (κ2) is 4.11. The zero-order valence-electron chi connectivity index (χ0n) is 8.88. The molecule has 2 nitrogen and oxygen atoms in total. The number of benzene rings is 2. The van der Waals surface area contributed by atoms with E-state index in [0.717, 1.165) is 20.8 Å². The highest BCUT2D eigenvalue weighted by atomic mass is 32.1. The van der Waals surface area contributed by atoms with Crippen LogP contribution in [0.5, 0.6) is 0 Å². The lowest BCUT2D eigenvalue weighted by molar-refractivity contribution is 0.563. The largest absolute Gasteiger partial charge is 0.285 e. The molecule has 0 aliphatic heterocycles. The minimum atomic E-state index is 0.562. The summed E-state index contributed by atoms with van der Waals surface area (Å²) in [5.41, 5.74) is 2.38. The van der Waals surface area contributed by atoms with Crippen LogP contribution >= 0.6 is 11.3 Å². The molecule has 81 valence electrons. The predicted molar refractivity (Wildman–Crippen MR) is 69.9 cm³/mol. The van der Waals surface area contributed by atoms with Crippen LogP contribution in [0.4, 0.5) is 0 Å². The van der Waals surface area contributed by atoms with Crippen LogP contribution < -0.4 is 0 Å². The van der Waals surface area contributed by atoms with Gasteiger partial charge in [-0.25, -0.2) is 4.98 Å². The summed E-state index contributed by atoms with van der Waals surface area (Å²) in [7, 11) is 0. The van der Waals surface area contributed by atoms with Crippen LogP contribution in [0.15, 0.2) is 48.5 Å². The SMILES string of the molecule is O=[C]c1ccccc1-c1nc2ccccc2s1. The molecular weight excluding hydrogens is 230 g/mol. The number of nitrogens with zero attached hydrogens (tertiary/aromatic N) is 1. The van der Waals surface area contributed by atoms with Crippen molar-refractivity contribution in [2.24, 2.45) is 0 Å². The van der Waals surface area contributed by atoms with Gasteiger partial charge in [-0.3, -0.25) is 4.79 Å². The number of rotatable bonds is 2. The number of aromatic nitrogens is 1. The van der Waals surface area contributed by atoms with Crippen LogP contribution in [0.1, 0.15) is 5.56 Å². The molecule has 3 heteroatoms. The fourth-order valence-corrected chi connectivity index (χ4v) is 2.75. The predicted octanol–water partition coefficient (Wildman–Crippen LogP) is 3.42. The smallest absolute Gasteiger partial charge is 0.234 e. The van der Waals surface area contributed by atoms with Gasteiger partial charge in [0.25, 0.3) is 0 Å². The number of fused-ring (bicyclic) bond motifs is 1. The molecule has 0 amide bonds. The third-order valence-electron chi connectivity index (χ3n) is 2.56. The average molecular weight is 238 g/mol. The van der Waals surface area contributed by atoms with Crippen molar-refractivity contribution in [3.63, 3.8) is 0 Å². The highest BCUT2D eigenvalue weighted by Gasteiger charge is 2.09. The van der Waals surface area contributed by atoms with E-state index >= 15 is 0 Å². The molecule has 3 rings (SSSR count). The van der Waals surface area contributed by atoms with Crippen LogP contribution in [0.3, 0.4) is 0 Å². The molecule has 1 radical (unpaired) electrons. The third-order valence-corrected chi connectivity index (χ3v) is 3.63. The highest BCUT2D eigenvalue weighted by molar-refractivity contribution is 7.21. The first-order valence-electron chi connectivity index (χ1n) is 5.21. The lowest BCUT2D eigenvalue weighted by Crippen LogP contribution is -1.85. The first-order chi connectivity index (χ1) is 8.38. The molecule has 1 aromatic heterocycles. The van der Waals surface area contributed by atoms with Crippen LogP contribution in [0, 0.1) is 0 Å². The number of hydrogen-bond donors (Lipinski definition) is 0. The molecule has 0 aliphatic rings. The molecule has 0 aliphatic carbocycles. The van der Waals surface area contributed by atoms with E-state index < -0.39 is 0 Å². The Morgan fingerprint density at radius 1 is 1.00 bits per heavy atom. The first kappa shape index (κ1) is 10.2. The summed E-state index contributed by atoms with van der Waals surface area (Å²) in [6.07, 6.45) is 1.96. The molecule has 0 saturated carbocycles. The molecular formula is C14H8NOS. The van der Waals surface area contributed by atoms with Gasteiger partial charge >= 0.3 is 0 Å². The zero-order valence-corrected chi connectivity index (χ0v) is 9.70. The van der Waals surface area contributed by atoms with Gasteiger partial charge in [0.2, 0.25) is 6.29 Å². The Bertz CT molecular complexity index is 654. The maximum Gasteiger partial charge on any atom is 0.234 e. The monoisotopic (exact) mass is 238 g/mol. The van der Waals surface area contributed by atoms with Gasteiger partial charge in [-0.2, -0.15) is 0 Å². The lowest BCUT2D eigenvalue weighted by atomic mass is 10.1. The molecule has 0 atom stereocenters. The van der Waals surface area contributed by atoms with Gasteiger partial charge in [0.1, 0.15) is 5.01 Å². The van der Waals surface area contributed by atoms with Gasteiger partial charge in [0.05, 0.1) is 10.2 Å². The maximum absolute atomic E-state index is 10.9. The summed E-state index contributed by atoms with van der Waals surface area (Å²) < 4.78 is 1.13. The first-order valence-corrected chi connectivity index (χ1v) is 6.03. The Labute approximate surface area is 103 Å². The van der Waals surface area contributed by atoms with Crippen LogP contribution in [-0.4, -0.2) is 11.3 Å². The third kappa shape index (κ3) is 1.74. The average Bonchev–Trinajstić information content (AvgIpc) is 2.82. The van der Waals surface area contributed by atoms with Gasteiger partial charge in [-0.05, 0) is 12.1 Å². The van der Waals surface area contributed by atoms with E-state index in [4.69, 9.17) is 0 Å². The number of hydrogen-bond acceptors (Lipinski definition) is 3. The Hall–Kier alpha value is -2.00. The Morgan fingerprint density at radius 2 is 1.76 bits per heavy atom. The fourth-order valence-electron chi connectivity index (χ4n) is 1.75. The minimum absolute atomic E-state index is 0.562. The lowest BCUT2D eigenvalue weighted by Gasteiger charge is -1.97. The quantitative estimate of drug-likeness (QED) is 0.684. The Kier molecular flexibility index (Phi) is 2.46. The van der Waals surface area contributed by atoms with Crippen molar-refractivity contribution in [2.45, 2.75) is 0 Å². The van der Waals surface area contributed by atoms with E-state index in [9.17, 15) is 4.79 Å². The summed E-state index contributed by atoms with van der Waals surface area (Å²) in [6.45, 7) is 0. The Morgan fingerprint density at radius 3 is 2.59 bits per heavy atom. The van der Waals surface area contributed by atoms with Gasteiger partial charge < -0.3 is 0 Å². The zero-order chi connectivity index (χ0) is 11.7. The molecule has 17 heavy (non-hydrogen) atoms. The van der Waals surface area contributed by atoms with Crippen molar-refractivity contribution >= 4 is 27.8 Å². The van der Waals surface area contributed by atoms with E-state index in [0.29, 0.717) is 5.56 Å². The van der Waals surface area contributed by atoms with Crippen molar-refractivity contribution in [1.29, 1.82) is 0 Å². The van der Waals surface area contributed by atoms with Crippen molar-refractivity contribution in [3.05, 3.63) is 54.1 Å². The molecule has 0 unspecified atom stereocenters. The van der Waals surface area contributed by atoms with Gasteiger partial charge in [-0.1, -0.05) is 36.4 Å². The van der Waals surface area contributed by atoms with E-state index in [1.165, 1.54) is 0 Å². The van der Waals surface area contributed by atoms with Crippen LogP contribution in [-0.2, 0) is 4.79 Å². The van der Waals surface area contributed by atoms with Gasteiger partial charge in [0, 0.05) is 11.1 Å². The molecule has 0 bridgehead atoms. The fraction of sp³-hybridized carbons (Fsp3) is 0. The Balaban J connectivity index is 2.23. The van der Waals surface area contributed by atoms with E-state index in [-0.39, 0.29) is 0 Å². The van der Waals surface area contributed by atoms with E-state index in [2.05, 4.69) is 4.98 Å². The summed E-state index contributed by atoms with van der Waals surface area (Å²) in [5, 5.41) is 0.866. The molecule has 0 fully saturated rings. The van der Waals surface area contributed by atoms with Crippen LogP contribution in [0.2, 0.25) is 0 Å². The normalized spacial score (nSPS) is 10.6. The minimum Gasteiger partial charge on any atom is -0.285 e. The van der Waals surface area contributed by atoms with Gasteiger partial charge in [-0.15, -0.1) is 11.3 Å². The summed E-state index contributed by atoms with van der Waals surface area (Å²) in [4.78, 5) is 15.4. The number of carbonyl (C=O) groups excluding carboxylic acids is 1. The van der Waals surface area contributed by atoms with Crippen LogP contribution in [0.25, 0.3) is 20.8 Å². The molecule has 1 heterocycles. The molecule has 0 spiro atoms. The van der Waals surface area contributed by atoms with Crippen molar-refractivity contribution < 1.29 is 4.79 Å². The van der Waals surface area contributed by atoms with Crippen molar-refractivity contribution in [1.82, 2.24) is 4.98 Å². The summed E-state index contributed by atoms with van der Waals surface area (Å²) >= 11 is 1.59. The number of thiazole rings is 1. The topological polar surface area (TPSA) is 30.0 Å². The maximum atomic E-state index is 10.9. The second-order valence-corrected chi connectivity index (χ2v) is 4.67. The molecule has 0 N–H and O–H groups in total. The van der Waals surface area contributed by atoms with E-state index in [1.807, 2.05) is 48.8 Å². The molecule has 3 aromatic rings.